The molecule has 2 aromatic heterocycles. The van der Waals surface area contributed by atoms with E-state index in [1.54, 1.807) is 17.9 Å². The number of nitrogens with zero attached hydrogens (tertiary/aromatic N) is 4. The van der Waals surface area contributed by atoms with Crippen molar-refractivity contribution < 1.29 is 18.0 Å². The molecule has 1 aliphatic rings. The van der Waals surface area contributed by atoms with Crippen LogP contribution >= 0.6 is 0 Å². The Morgan fingerprint density at radius 3 is 2.59 bits per heavy atom. The van der Waals surface area contributed by atoms with E-state index < -0.39 is 11.7 Å². The Bertz CT molecular complexity index is 1100. The van der Waals surface area contributed by atoms with Crippen LogP contribution < -0.4 is 5.32 Å². The van der Waals surface area contributed by atoms with Crippen LogP contribution in [0.3, 0.4) is 0 Å². The molecular weight excluding hydrogens is 419 g/mol. The summed E-state index contributed by atoms with van der Waals surface area (Å²) in [5.74, 6) is 0.863. The molecule has 1 aromatic carbocycles. The number of aromatic nitrogens is 3. The highest BCUT2D eigenvalue weighted by Gasteiger charge is 2.31. The standard InChI is InChI=1S/C23H22F3N5O/c1-15(32)31-11-5-8-17(14-31)19-13-21(30-22(28-19)16-6-3-2-4-7-16)29-20-12-18(9-10-27-20)23(24,25)26/h2-4,6-7,9-10,12-13,17H,5,8,11,14H2,1H3,(H,27,28,29,30). The first-order valence-corrected chi connectivity index (χ1v) is 10.3. The molecule has 166 valence electrons. The average molecular weight is 441 g/mol. The fourth-order valence-corrected chi connectivity index (χ4v) is 3.77. The molecule has 1 amide bonds. The van der Waals surface area contributed by atoms with Crippen molar-refractivity contribution in [2.24, 2.45) is 0 Å². The summed E-state index contributed by atoms with van der Waals surface area (Å²) in [4.78, 5) is 26.9. The molecule has 0 aliphatic carbocycles. The lowest BCUT2D eigenvalue weighted by Gasteiger charge is -2.32. The number of pyridine rings is 1. The molecule has 0 radical (unpaired) electrons. The summed E-state index contributed by atoms with van der Waals surface area (Å²) >= 11 is 0. The first-order chi connectivity index (χ1) is 15.3. The second-order valence-electron chi connectivity index (χ2n) is 7.72. The predicted molar refractivity (Wildman–Crippen MR) is 114 cm³/mol. The van der Waals surface area contributed by atoms with Gasteiger partial charge in [-0.15, -0.1) is 0 Å². The number of hydrogen-bond acceptors (Lipinski definition) is 5. The van der Waals surface area contributed by atoms with E-state index in [4.69, 9.17) is 4.98 Å². The third-order valence-corrected chi connectivity index (χ3v) is 5.41. The molecule has 1 unspecified atom stereocenters. The van der Waals surface area contributed by atoms with E-state index in [0.29, 0.717) is 24.7 Å². The first kappa shape index (κ1) is 21.7. The number of hydrogen-bond donors (Lipinski definition) is 1. The highest BCUT2D eigenvalue weighted by Crippen LogP contribution is 2.32. The average Bonchev–Trinajstić information content (AvgIpc) is 2.79. The van der Waals surface area contributed by atoms with E-state index in [2.05, 4.69) is 15.3 Å². The summed E-state index contributed by atoms with van der Waals surface area (Å²) < 4.78 is 39.3. The van der Waals surface area contributed by atoms with Crippen molar-refractivity contribution in [2.45, 2.75) is 31.9 Å². The van der Waals surface area contributed by atoms with Gasteiger partial charge in [0.1, 0.15) is 11.6 Å². The van der Waals surface area contributed by atoms with E-state index in [1.807, 2.05) is 30.3 Å². The molecule has 6 nitrogen and oxygen atoms in total. The van der Waals surface area contributed by atoms with E-state index in [-0.39, 0.29) is 17.6 Å². The van der Waals surface area contributed by atoms with Crippen LogP contribution in [0.2, 0.25) is 0 Å². The molecule has 4 rings (SSSR count). The van der Waals surface area contributed by atoms with Crippen molar-refractivity contribution in [1.29, 1.82) is 0 Å². The third kappa shape index (κ3) is 5.04. The lowest BCUT2D eigenvalue weighted by atomic mass is 9.94. The zero-order valence-corrected chi connectivity index (χ0v) is 17.4. The van der Waals surface area contributed by atoms with Gasteiger partial charge < -0.3 is 10.2 Å². The summed E-state index contributed by atoms with van der Waals surface area (Å²) in [5.41, 5.74) is 0.727. The van der Waals surface area contributed by atoms with Gasteiger partial charge in [0.15, 0.2) is 5.82 Å². The van der Waals surface area contributed by atoms with E-state index >= 15 is 0 Å². The summed E-state index contributed by atoms with van der Waals surface area (Å²) in [7, 11) is 0. The number of halogens is 3. The summed E-state index contributed by atoms with van der Waals surface area (Å²) in [6.07, 6.45) is -1.65. The van der Waals surface area contributed by atoms with Gasteiger partial charge in [-0.2, -0.15) is 13.2 Å². The molecule has 1 N–H and O–H groups in total. The van der Waals surface area contributed by atoms with Crippen molar-refractivity contribution in [2.75, 3.05) is 18.4 Å². The van der Waals surface area contributed by atoms with Crippen LogP contribution in [0.4, 0.5) is 24.8 Å². The topological polar surface area (TPSA) is 71.0 Å². The lowest BCUT2D eigenvalue weighted by Crippen LogP contribution is -2.37. The zero-order valence-electron chi connectivity index (χ0n) is 17.4. The molecule has 9 heteroatoms. The Balaban J connectivity index is 1.70. The lowest BCUT2D eigenvalue weighted by molar-refractivity contribution is -0.137. The number of anilines is 2. The van der Waals surface area contributed by atoms with Crippen molar-refractivity contribution in [3.8, 4) is 11.4 Å². The maximum atomic E-state index is 13.1. The van der Waals surface area contributed by atoms with Crippen LogP contribution in [-0.4, -0.2) is 38.8 Å². The second-order valence-corrected chi connectivity index (χ2v) is 7.72. The second kappa shape index (κ2) is 8.94. The minimum absolute atomic E-state index is 0.00753. The van der Waals surface area contributed by atoms with Gasteiger partial charge in [0.25, 0.3) is 0 Å². The monoisotopic (exact) mass is 441 g/mol. The number of carbonyl (C=O) groups is 1. The van der Waals surface area contributed by atoms with E-state index in [1.165, 1.54) is 0 Å². The van der Waals surface area contributed by atoms with E-state index in [9.17, 15) is 18.0 Å². The van der Waals surface area contributed by atoms with Gasteiger partial charge in [-0.25, -0.2) is 15.0 Å². The van der Waals surface area contributed by atoms with Gasteiger partial charge in [0.05, 0.1) is 11.3 Å². The molecular formula is C23H22F3N5O. The Morgan fingerprint density at radius 1 is 1.09 bits per heavy atom. The molecule has 0 spiro atoms. The van der Waals surface area contributed by atoms with Crippen molar-refractivity contribution in [1.82, 2.24) is 19.9 Å². The number of piperidine rings is 1. The van der Waals surface area contributed by atoms with Crippen LogP contribution in [-0.2, 0) is 11.0 Å². The molecule has 3 aromatic rings. The fourth-order valence-electron chi connectivity index (χ4n) is 3.77. The molecule has 32 heavy (non-hydrogen) atoms. The maximum absolute atomic E-state index is 13.1. The number of amides is 1. The van der Waals surface area contributed by atoms with Crippen molar-refractivity contribution in [3.63, 3.8) is 0 Å². The highest BCUT2D eigenvalue weighted by atomic mass is 19.4. The van der Waals surface area contributed by atoms with Crippen LogP contribution in [0.5, 0.6) is 0 Å². The smallest absolute Gasteiger partial charge is 0.342 e. The van der Waals surface area contributed by atoms with Crippen molar-refractivity contribution in [3.05, 3.63) is 66.0 Å². The largest absolute Gasteiger partial charge is 0.416 e. The van der Waals surface area contributed by atoms with Gasteiger partial charge in [-0.05, 0) is 25.0 Å². The number of alkyl halides is 3. The molecule has 1 aliphatic heterocycles. The summed E-state index contributed by atoms with van der Waals surface area (Å²) in [6.45, 7) is 2.80. The van der Waals surface area contributed by atoms with Crippen LogP contribution in [0.15, 0.2) is 54.7 Å². The van der Waals surface area contributed by atoms with Gasteiger partial charge in [0, 0.05) is 43.8 Å². The molecule has 0 saturated carbocycles. The molecule has 1 fully saturated rings. The number of nitrogens with one attached hydrogen (secondary N) is 1. The number of carbonyl (C=O) groups excluding carboxylic acids is 1. The van der Waals surface area contributed by atoms with Crippen LogP contribution in [0, 0.1) is 0 Å². The zero-order chi connectivity index (χ0) is 22.7. The fraction of sp³-hybridized carbons (Fsp3) is 0.304. The predicted octanol–water partition coefficient (Wildman–Crippen LogP) is 5.03. The van der Waals surface area contributed by atoms with Gasteiger partial charge in [-0.1, -0.05) is 30.3 Å². The normalized spacial score (nSPS) is 16.6. The molecule has 0 bridgehead atoms. The summed E-state index contributed by atoms with van der Waals surface area (Å²) in [6, 6.07) is 12.9. The minimum atomic E-state index is -4.47. The SMILES string of the molecule is CC(=O)N1CCCC(c2cc(Nc3cc(C(F)(F)F)ccn3)nc(-c3ccccc3)n2)C1. The maximum Gasteiger partial charge on any atom is 0.416 e. The van der Waals surface area contributed by atoms with Crippen molar-refractivity contribution >= 4 is 17.5 Å². The molecule has 3 heterocycles. The quantitative estimate of drug-likeness (QED) is 0.615. The number of benzene rings is 1. The molecule has 1 atom stereocenters. The summed E-state index contributed by atoms with van der Waals surface area (Å²) in [5, 5.41) is 2.90. The first-order valence-electron chi connectivity index (χ1n) is 10.3. The Hall–Kier alpha value is -3.49. The third-order valence-electron chi connectivity index (χ3n) is 5.41. The van der Waals surface area contributed by atoms with Gasteiger partial charge >= 0.3 is 6.18 Å². The minimum Gasteiger partial charge on any atom is -0.342 e. The molecule has 1 saturated heterocycles. The number of rotatable bonds is 4. The Morgan fingerprint density at radius 2 is 1.88 bits per heavy atom. The van der Waals surface area contributed by atoms with Gasteiger partial charge in [-0.3, -0.25) is 4.79 Å². The number of likely N-dealkylation sites (tertiary alicyclic amines) is 1. The Kier molecular flexibility index (Phi) is 6.07. The van der Waals surface area contributed by atoms with E-state index in [0.717, 1.165) is 42.4 Å². The van der Waals surface area contributed by atoms with Crippen LogP contribution in [0.1, 0.15) is 36.9 Å². The Labute approximate surface area is 183 Å². The highest BCUT2D eigenvalue weighted by molar-refractivity contribution is 5.73. The van der Waals surface area contributed by atoms with Crippen LogP contribution in [0.25, 0.3) is 11.4 Å². The van der Waals surface area contributed by atoms with Gasteiger partial charge in [0.2, 0.25) is 5.91 Å².